The van der Waals surface area contributed by atoms with Crippen molar-refractivity contribution >= 4 is 33.3 Å². The summed E-state index contributed by atoms with van der Waals surface area (Å²) in [5.41, 5.74) is 4.28. The summed E-state index contributed by atoms with van der Waals surface area (Å²) < 4.78 is 60.2. The molecule has 0 aliphatic rings. The van der Waals surface area contributed by atoms with E-state index in [2.05, 4.69) is 4.72 Å². The van der Waals surface area contributed by atoms with Crippen molar-refractivity contribution in [2.45, 2.75) is 38.4 Å². The number of carboxylic acids is 2. The average molecular weight is 553 g/mol. The molecular weight excluding hydrogens is 525 g/mol. The Bertz CT molecular complexity index is 1420. The first-order valence-corrected chi connectivity index (χ1v) is 12.5. The van der Waals surface area contributed by atoms with Crippen LogP contribution in [0, 0.1) is 20.8 Å². The first kappa shape index (κ1) is 30.2. The van der Waals surface area contributed by atoms with E-state index in [0.717, 1.165) is 16.7 Å². The van der Waals surface area contributed by atoms with Crippen molar-refractivity contribution in [1.82, 2.24) is 0 Å². The molecule has 0 radical (unpaired) electrons. The van der Waals surface area contributed by atoms with Crippen molar-refractivity contribution in [2.24, 2.45) is 0 Å². The van der Waals surface area contributed by atoms with Crippen molar-refractivity contribution in [3.63, 3.8) is 0 Å². The highest BCUT2D eigenvalue weighted by Crippen LogP contribution is 2.28. The Morgan fingerprint density at radius 3 is 1.97 bits per heavy atom. The maximum atomic E-state index is 13.0. The fourth-order valence-corrected chi connectivity index (χ4v) is 4.84. The van der Waals surface area contributed by atoms with Crippen LogP contribution in [0.5, 0.6) is 0 Å². The summed E-state index contributed by atoms with van der Waals surface area (Å²) in [6.07, 6.45) is -5.08. The number of hydrogen-bond acceptors (Lipinski definition) is 5. The van der Waals surface area contributed by atoms with Crippen LogP contribution in [0.2, 0.25) is 0 Å². The third-order valence-corrected chi connectivity index (χ3v) is 7.00. The first-order chi connectivity index (χ1) is 17.5. The van der Waals surface area contributed by atoms with Crippen LogP contribution in [0.1, 0.15) is 32.6 Å². The van der Waals surface area contributed by atoms with Gasteiger partial charge in [0.1, 0.15) is 0 Å². The summed E-state index contributed by atoms with van der Waals surface area (Å²) >= 11 is 0. The molecule has 0 saturated heterocycles. The number of anilines is 2. The van der Waals surface area contributed by atoms with Crippen molar-refractivity contribution in [3.05, 3.63) is 88.5 Å². The molecular formula is C26H27F3N2O6S. The average Bonchev–Trinajstić information content (AvgIpc) is 2.81. The monoisotopic (exact) mass is 552 g/mol. The van der Waals surface area contributed by atoms with Gasteiger partial charge < -0.3 is 15.1 Å². The number of aliphatic carboxylic acids is 1. The van der Waals surface area contributed by atoms with E-state index in [9.17, 15) is 31.5 Å². The van der Waals surface area contributed by atoms with Crippen LogP contribution < -0.4 is 9.62 Å². The molecule has 0 aliphatic carbocycles. The van der Waals surface area contributed by atoms with Gasteiger partial charge in [-0.1, -0.05) is 36.4 Å². The Balaban J connectivity index is 0.000000638. The molecule has 3 rings (SSSR count). The number of carbonyl (C=O) groups is 2. The highest BCUT2D eigenvalue weighted by atomic mass is 32.2. The molecule has 0 bridgehead atoms. The fraction of sp³-hybridized carbons (Fsp3) is 0.231. The Labute approximate surface area is 218 Å². The number of sulfonamides is 1. The van der Waals surface area contributed by atoms with Gasteiger partial charge in [0.15, 0.2) is 0 Å². The van der Waals surface area contributed by atoms with Crippen LogP contribution in [0.15, 0.2) is 65.6 Å². The zero-order valence-corrected chi connectivity index (χ0v) is 21.8. The molecule has 3 N–H and O–H groups in total. The highest BCUT2D eigenvalue weighted by Gasteiger charge is 2.38. The highest BCUT2D eigenvalue weighted by molar-refractivity contribution is 7.92. The van der Waals surface area contributed by atoms with E-state index in [-0.39, 0.29) is 16.1 Å². The summed E-state index contributed by atoms with van der Waals surface area (Å²) in [5, 5.41) is 16.9. The maximum absolute atomic E-state index is 13.0. The second-order valence-corrected chi connectivity index (χ2v) is 10.1. The third-order valence-electron chi connectivity index (χ3n) is 5.48. The van der Waals surface area contributed by atoms with Crippen LogP contribution in [0.3, 0.4) is 0 Å². The minimum absolute atomic E-state index is 0.0236. The van der Waals surface area contributed by atoms with Crippen LogP contribution in [0.25, 0.3) is 0 Å². The van der Waals surface area contributed by atoms with E-state index in [1.165, 1.54) is 6.07 Å². The molecule has 8 nitrogen and oxygen atoms in total. The number of nitrogens with zero attached hydrogens (tertiary/aromatic N) is 1. The van der Waals surface area contributed by atoms with Crippen LogP contribution in [-0.4, -0.2) is 43.8 Å². The van der Waals surface area contributed by atoms with E-state index in [4.69, 9.17) is 9.90 Å². The van der Waals surface area contributed by atoms with Crippen molar-refractivity contribution < 1.29 is 41.4 Å². The predicted octanol–water partition coefficient (Wildman–Crippen LogP) is 5.38. The molecule has 0 unspecified atom stereocenters. The van der Waals surface area contributed by atoms with Gasteiger partial charge in [0, 0.05) is 19.3 Å². The lowest BCUT2D eigenvalue weighted by Gasteiger charge is -2.22. The zero-order chi connectivity index (χ0) is 28.8. The van der Waals surface area contributed by atoms with Crippen molar-refractivity contribution in [2.75, 3.05) is 16.7 Å². The predicted molar refractivity (Wildman–Crippen MR) is 137 cm³/mol. The normalized spacial score (nSPS) is 11.2. The van der Waals surface area contributed by atoms with Gasteiger partial charge in [-0.2, -0.15) is 13.2 Å². The minimum atomic E-state index is -5.08. The van der Waals surface area contributed by atoms with Gasteiger partial charge in [0.25, 0.3) is 10.0 Å². The van der Waals surface area contributed by atoms with Gasteiger partial charge in [0.2, 0.25) is 0 Å². The standard InChI is InChI=1S/C24H26N2O4S.C2HF3O2/c1-16-12-18(3)23(13-17(16)2)31(29,30)25-20-10-11-22(21(14-20)24(27)28)26(4)15-19-8-6-5-7-9-19;3-2(4,5)1(6)7/h5-14,25H,15H2,1-4H3,(H,27,28);(H,6,7). The molecule has 12 heteroatoms. The first-order valence-electron chi connectivity index (χ1n) is 11.1. The Kier molecular flexibility index (Phi) is 9.52. The lowest BCUT2D eigenvalue weighted by Crippen LogP contribution is -2.21. The quantitative estimate of drug-likeness (QED) is 0.360. The number of benzene rings is 3. The van der Waals surface area contributed by atoms with Gasteiger partial charge in [-0.3, -0.25) is 4.72 Å². The van der Waals surface area contributed by atoms with Gasteiger partial charge in [0.05, 0.1) is 16.1 Å². The molecule has 0 saturated carbocycles. The topological polar surface area (TPSA) is 124 Å². The van der Waals surface area contributed by atoms with Crippen LogP contribution in [0.4, 0.5) is 24.5 Å². The number of alkyl halides is 3. The van der Waals surface area contributed by atoms with Crippen molar-refractivity contribution in [3.8, 4) is 0 Å². The van der Waals surface area contributed by atoms with E-state index < -0.39 is 28.1 Å². The van der Waals surface area contributed by atoms with E-state index in [0.29, 0.717) is 17.8 Å². The summed E-state index contributed by atoms with van der Waals surface area (Å²) in [6, 6.07) is 17.7. The van der Waals surface area contributed by atoms with Crippen LogP contribution >= 0.6 is 0 Å². The van der Waals surface area contributed by atoms with Gasteiger partial charge in [-0.05, 0) is 67.3 Å². The molecule has 0 heterocycles. The minimum Gasteiger partial charge on any atom is -0.478 e. The molecule has 0 amide bonds. The second-order valence-electron chi connectivity index (χ2n) is 8.49. The number of hydrogen-bond donors (Lipinski definition) is 3. The molecule has 204 valence electrons. The molecule has 0 spiro atoms. The summed E-state index contributed by atoms with van der Waals surface area (Å²) in [6.45, 7) is 6.04. The Hall–Kier alpha value is -4.06. The van der Waals surface area contributed by atoms with E-state index in [1.54, 1.807) is 32.2 Å². The fourth-order valence-electron chi connectivity index (χ4n) is 3.48. The number of halogens is 3. The largest absolute Gasteiger partial charge is 0.490 e. The number of rotatable bonds is 7. The number of nitrogens with one attached hydrogen (secondary N) is 1. The Morgan fingerprint density at radius 2 is 1.45 bits per heavy atom. The summed E-state index contributed by atoms with van der Waals surface area (Å²) in [7, 11) is -2.06. The van der Waals surface area contributed by atoms with Gasteiger partial charge >= 0.3 is 18.1 Å². The zero-order valence-electron chi connectivity index (χ0n) is 21.0. The van der Waals surface area contributed by atoms with Crippen LogP contribution in [-0.2, 0) is 21.4 Å². The smallest absolute Gasteiger partial charge is 0.478 e. The number of aromatic carboxylic acids is 1. The Morgan fingerprint density at radius 1 is 0.895 bits per heavy atom. The summed E-state index contributed by atoms with van der Waals surface area (Å²) in [4.78, 5) is 22.8. The van der Waals surface area contributed by atoms with Crippen molar-refractivity contribution in [1.29, 1.82) is 0 Å². The molecule has 3 aromatic rings. The molecule has 0 aliphatic heterocycles. The molecule has 0 aromatic heterocycles. The second kappa shape index (κ2) is 12.0. The molecule has 0 atom stereocenters. The number of carboxylic acid groups (broad SMARTS) is 2. The summed E-state index contributed by atoms with van der Waals surface area (Å²) in [5.74, 6) is -3.88. The lowest BCUT2D eigenvalue weighted by atomic mass is 10.1. The lowest BCUT2D eigenvalue weighted by molar-refractivity contribution is -0.192. The maximum Gasteiger partial charge on any atom is 0.490 e. The van der Waals surface area contributed by atoms with Gasteiger partial charge in [-0.15, -0.1) is 0 Å². The van der Waals surface area contributed by atoms with E-state index in [1.807, 2.05) is 55.1 Å². The van der Waals surface area contributed by atoms with Gasteiger partial charge in [-0.25, -0.2) is 18.0 Å². The number of aryl methyl sites for hydroxylation is 3. The molecule has 0 fully saturated rings. The van der Waals surface area contributed by atoms with E-state index >= 15 is 0 Å². The molecule has 3 aromatic carbocycles. The third kappa shape index (κ3) is 7.97. The SMILES string of the molecule is Cc1cc(C)c(S(=O)(=O)Nc2ccc(N(C)Cc3ccccc3)c(C(=O)O)c2)cc1C.O=C(O)C(F)(F)F. The molecule has 38 heavy (non-hydrogen) atoms.